The number of aliphatic hydroxyl groups is 2. The lowest BCUT2D eigenvalue weighted by Gasteiger charge is -2.38. The van der Waals surface area contributed by atoms with E-state index in [-0.39, 0.29) is 19.0 Å². The summed E-state index contributed by atoms with van der Waals surface area (Å²) >= 11 is 0. The van der Waals surface area contributed by atoms with Crippen molar-refractivity contribution in [1.29, 1.82) is 0 Å². The number of aromatic nitrogens is 5. The number of fused-ring (bicyclic) bond motifs is 1. The van der Waals surface area contributed by atoms with Crippen LogP contribution < -0.4 is 15.8 Å². The van der Waals surface area contributed by atoms with Crippen LogP contribution in [-0.4, -0.2) is 78.7 Å². The Labute approximate surface area is 170 Å². The zero-order valence-electron chi connectivity index (χ0n) is 16.0. The third kappa shape index (κ3) is 3.75. The van der Waals surface area contributed by atoms with Crippen molar-refractivity contribution >= 4 is 22.9 Å². The SMILES string of the molecule is COc1cc(C(=O)N[C@@H]2CO[C@H](Cn3cnc4ncnc(N)c43)[C@@H](O)[C@H]2O)ccn1. The number of carbonyl (C=O) groups is 1. The van der Waals surface area contributed by atoms with Crippen LogP contribution in [0.15, 0.2) is 31.0 Å². The molecule has 4 atom stereocenters. The third-order valence-electron chi connectivity index (χ3n) is 4.97. The van der Waals surface area contributed by atoms with E-state index in [1.165, 1.54) is 38.1 Å². The minimum atomic E-state index is -1.25. The van der Waals surface area contributed by atoms with Gasteiger partial charge in [-0.3, -0.25) is 4.79 Å². The summed E-state index contributed by atoms with van der Waals surface area (Å²) in [4.78, 5) is 28.6. The number of carbonyl (C=O) groups excluding carboxylic acids is 1. The lowest BCUT2D eigenvalue weighted by molar-refractivity contribution is -0.152. The molecule has 3 aromatic heterocycles. The molecule has 0 bridgehead atoms. The quantitative estimate of drug-likeness (QED) is 0.394. The average molecular weight is 415 g/mol. The normalized spacial score (nSPS) is 24.0. The first-order chi connectivity index (χ1) is 14.5. The molecule has 4 rings (SSSR count). The number of aliphatic hydroxyl groups excluding tert-OH is 2. The molecule has 1 amide bonds. The molecule has 3 aromatic rings. The number of nitrogens with two attached hydrogens (primary N) is 1. The summed E-state index contributed by atoms with van der Waals surface area (Å²) in [6.45, 7) is 0.185. The van der Waals surface area contributed by atoms with Crippen LogP contribution in [0.25, 0.3) is 11.2 Å². The van der Waals surface area contributed by atoms with Crippen molar-refractivity contribution in [3.05, 3.63) is 36.5 Å². The van der Waals surface area contributed by atoms with Crippen molar-refractivity contribution in [2.45, 2.75) is 30.9 Å². The van der Waals surface area contributed by atoms with Crippen molar-refractivity contribution in [3.8, 4) is 5.88 Å². The van der Waals surface area contributed by atoms with Crippen molar-refractivity contribution < 1.29 is 24.5 Å². The fourth-order valence-electron chi connectivity index (χ4n) is 3.35. The summed E-state index contributed by atoms with van der Waals surface area (Å²) in [6.07, 6.45) is 1.04. The highest BCUT2D eigenvalue weighted by atomic mass is 16.5. The molecule has 1 fully saturated rings. The van der Waals surface area contributed by atoms with Crippen LogP contribution in [-0.2, 0) is 11.3 Å². The van der Waals surface area contributed by atoms with Gasteiger partial charge >= 0.3 is 0 Å². The lowest BCUT2D eigenvalue weighted by Crippen LogP contribution is -2.59. The monoisotopic (exact) mass is 415 g/mol. The topological polar surface area (TPSA) is 171 Å². The second-order valence-corrected chi connectivity index (χ2v) is 6.85. The van der Waals surface area contributed by atoms with Gasteiger partial charge in [0.25, 0.3) is 5.91 Å². The minimum absolute atomic E-state index is 0.00939. The van der Waals surface area contributed by atoms with Gasteiger partial charge in [-0.05, 0) is 6.07 Å². The van der Waals surface area contributed by atoms with Crippen molar-refractivity contribution in [3.63, 3.8) is 0 Å². The second-order valence-electron chi connectivity index (χ2n) is 6.85. The molecule has 158 valence electrons. The Morgan fingerprint density at radius 3 is 2.97 bits per heavy atom. The largest absolute Gasteiger partial charge is 0.481 e. The molecule has 4 heterocycles. The standard InChI is InChI=1S/C18H21N7O5/c1-29-12-4-9(2-3-20-12)18(28)24-10-6-30-11(15(27)14(10)26)5-25-8-23-17-13(25)16(19)21-7-22-17/h2-4,7-8,10-11,14-15,26-27H,5-6H2,1H3,(H,24,28)(H2,19,21,22)/t10-,11-,14+,15-/m1/s1. The summed E-state index contributed by atoms with van der Waals surface area (Å²) in [5.41, 5.74) is 7.15. The maximum atomic E-state index is 12.5. The smallest absolute Gasteiger partial charge is 0.251 e. The Kier molecular flexibility index (Phi) is 5.44. The van der Waals surface area contributed by atoms with Crippen LogP contribution >= 0.6 is 0 Å². The number of hydrogen-bond acceptors (Lipinski definition) is 10. The summed E-state index contributed by atoms with van der Waals surface area (Å²) < 4.78 is 12.4. The number of anilines is 1. The van der Waals surface area contributed by atoms with Gasteiger partial charge in [-0.15, -0.1) is 0 Å². The van der Waals surface area contributed by atoms with Gasteiger partial charge in [0, 0.05) is 17.8 Å². The first-order valence-electron chi connectivity index (χ1n) is 9.18. The molecule has 5 N–H and O–H groups in total. The predicted molar refractivity (Wildman–Crippen MR) is 104 cm³/mol. The zero-order chi connectivity index (χ0) is 21.3. The van der Waals surface area contributed by atoms with E-state index >= 15 is 0 Å². The van der Waals surface area contributed by atoms with E-state index in [0.29, 0.717) is 22.6 Å². The van der Waals surface area contributed by atoms with Crippen molar-refractivity contribution in [1.82, 2.24) is 29.8 Å². The van der Waals surface area contributed by atoms with E-state index in [9.17, 15) is 15.0 Å². The Hall–Kier alpha value is -3.35. The van der Waals surface area contributed by atoms with Gasteiger partial charge in [0.05, 0.1) is 32.6 Å². The number of methoxy groups -OCH3 is 1. The van der Waals surface area contributed by atoms with Crippen LogP contribution in [0.1, 0.15) is 10.4 Å². The average Bonchev–Trinajstić information content (AvgIpc) is 3.17. The number of hydrogen-bond donors (Lipinski definition) is 4. The molecule has 30 heavy (non-hydrogen) atoms. The van der Waals surface area contributed by atoms with Gasteiger partial charge in [0.2, 0.25) is 5.88 Å². The summed E-state index contributed by atoms with van der Waals surface area (Å²) in [5, 5.41) is 23.8. The fourth-order valence-corrected chi connectivity index (χ4v) is 3.35. The van der Waals surface area contributed by atoms with E-state index in [1.54, 1.807) is 4.57 Å². The maximum Gasteiger partial charge on any atom is 0.251 e. The molecule has 0 unspecified atom stereocenters. The Balaban J connectivity index is 1.43. The van der Waals surface area contributed by atoms with Gasteiger partial charge in [0.15, 0.2) is 11.5 Å². The number of nitrogen functional groups attached to an aromatic ring is 1. The number of nitrogens with one attached hydrogen (secondary N) is 1. The first-order valence-corrected chi connectivity index (χ1v) is 9.18. The Morgan fingerprint density at radius 2 is 2.17 bits per heavy atom. The number of nitrogens with zero attached hydrogens (tertiary/aromatic N) is 5. The van der Waals surface area contributed by atoms with Crippen LogP contribution in [0, 0.1) is 0 Å². The van der Waals surface area contributed by atoms with Crippen LogP contribution in [0.2, 0.25) is 0 Å². The second kappa shape index (κ2) is 8.18. The Bertz CT molecular complexity index is 1060. The molecular formula is C18H21N7O5. The highest BCUT2D eigenvalue weighted by Gasteiger charge is 2.39. The summed E-state index contributed by atoms with van der Waals surface area (Å²) in [5.74, 6) is 0.0970. The number of pyridine rings is 1. The third-order valence-corrected chi connectivity index (χ3v) is 4.97. The number of ether oxygens (including phenoxy) is 2. The molecule has 12 nitrogen and oxygen atoms in total. The van der Waals surface area contributed by atoms with E-state index < -0.39 is 30.3 Å². The van der Waals surface area contributed by atoms with Gasteiger partial charge in [-0.1, -0.05) is 0 Å². The molecule has 0 saturated carbocycles. The molecule has 0 radical (unpaired) electrons. The van der Waals surface area contributed by atoms with Gasteiger partial charge in [-0.2, -0.15) is 0 Å². The van der Waals surface area contributed by atoms with E-state index in [0.717, 1.165) is 0 Å². The van der Waals surface area contributed by atoms with Crippen LogP contribution in [0.4, 0.5) is 5.82 Å². The first kappa shape index (κ1) is 19.9. The maximum absolute atomic E-state index is 12.5. The molecule has 0 aromatic carbocycles. The van der Waals surface area contributed by atoms with Gasteiger partial charge < -0.3 is 35.3 Å². The van der Waals surface area contributed by atoms with Crippen LogP contribution in [0.3, 0.4) is 0 Å². The molecule has 1 aliphatic heterocycles. The minimum Gasteiger partial charge on any atom is -0.481 e. The number of rotatable bonds is 5. The number of imidazole rings is 1. The van der Waals surface area contributed by atoms with E-state index in [1.807, 2.05) is 0 Å². The summed E-state index contributed by atoms with van der Waals surface area (Å²) in [7, 11) is 1.45. The fraction of sp³-hybridized carbons (Fsp3) is 0.389. The molecule has 0 aliphatic carbocycles. The van der Waals surface area contributed by atoms with E-state index in [4.69, 9.17) is 15.2 Å². The molecule has 1 saturated heterocycles. The summed E-state index contributed by atoms with van der Waals surface area (Å²) in [6, 6.07) is 2.20. The van der Waals surface area contributed by atoms with Gasteiger partial charge in [0.1, 0.15) is 30.2 Å². The predicted octanol–water partition coefficient (Wildman–Crippen LogP) is -1.27. The van der Waals surface area contributed by atoms with Crippen molar-refractivity contribution in [2.24, 2.45) is 0 Å². The zero-order valence-corrected chi connectivity index (χ0v) is 16.0. The molecular weight excluding hydrogens is 394 g/mol. The van der Waals surface area contributed by atoms with Gasteiger partial charge in [-0.25, -0.2) is 19.9 Å². The lowest BCUT2D eigenvalue weighted by atomic mass is 9.97. The molecule has 12 heteroatoms. The highest BCUT2D eigenvalue weighted by molar-refractivity contribution is 5.94. The van der Waals surface area contributed by atoms with E-state index in [2.05, 4.69) is 25.3 Å². The highest BCUT2D eigenvalue weighted by Crippen LogP contribution is 2.21. The Morgan fingerprint density at radius 1 is 1.33 bits per heavy atom. The molecule has 0 spiro atoms. The van der Waals surface area contributed by atoms with Crippen molar-refractivity contribution in [2.75, 3.05) is 19.5 Å². The van der Waals surface area contributed by atoms with Crippen LogP contribution in [0.5, 0.6) is 5.88 Å². The molecule has 1 aliphatic rings. The number of amides is 1.